The predicted octanol–water partition coefficient (Wildman–Crippen LogP) is 2.52. The molecule has 6 heteroatoms. The highest BCUT2D eigenvalue weighted by Gasteiger charge is 2.26. The molecule has 1 atom stereocenters. The highest BCUT2D eigenvalue weighted by molar-refractivity contribution is 7.14. The topological polar surface area (TPSA) is 58.6 Å². The van der Waals surface area contributed by atoms with Crippen LogP contribution in [0.5, 0.6) is 0 Å². The molecule has 1 unspecified atom stereocenters. The molecule has 2 aromatic heterocycles. The lowest BCUT2D eigenvalue weighted by molar-refractivity contribution is 0.0558. The fourth-order valence-electron chi connectivity index (χ4n) is 2.27. The molecule has 3 heterocycles. The SMILES string of the molecule is CC(O)(CNC(=O)c1cc2c(s1)CCOC2)c1cccs1. The van der Waals surface area contributed by atoms with Gasteiger partial charge >= 0.3 is 0 Å². The molecule has 1 aliphatic rings. The van der Waals surface area contributed by atoms with Gasteiger partial charge in [0.05, 0.1) is 24.6 Å². The highest BCUT2D eigenvalue weighted by Crippen LogP contribution is 2.28. The van der Waals surface area contributed by atoms with Crippen molar-refractivity contribution in [1.82, 2.24) is 5.32 Å². The average molecular weight is 323 g/mol. The fraction of sp³-hybridized carbons (Fsp3) is 0.400. The number of hydrogen-bond donors (Lipinski definition) is 2. The zero-order chi connectivity index (χ0) is 14.9. The smallest absolute Gasteiger partial charge is 0.261 e. The summed E-state index contributed by atoms with van der Waals surface area (Å²) < 4.78 is 5.39. The standard InChI is InChI=1S/C15H17NO3S2/c1-15(18,13-3-2-6-20-13)9-16-14(17)12-7-10-8-19-5-4-11(10)21-12/h2-3,6-7,18H,4-5,8-9H2,1H3,(H,16,17). The normalized spacial score (nSPS) is 17.0. The van der Waals surface area contributed by atoms with E-state index in [1.807, 2.05) is 23.6 Å². The Hall–Kier alpha value is -1.21. The summed E-state index contributed by atoms with van der Waals surface area (Å²) in [7, 11) is 0. The summed E-state index contributed by atoms with van der Waals surface area (Å²) in [6.07, 6.45) is 0.875. The Balaban J connectivity index is 1.65. The molecule has 0 aromatic carbocycles. The number of carbonyl (C=O) groups is 1. The van der Waals surface area contributed by atoms with Crippen molar-refractivity contribution in [2.24, 2.45) is 0 Å². The molecule has 112 valence electrons. The lowest BCUT2D eigenvalue weighted by atomic mass is 10.1. The maximum atomic E-state index is 12.2. The Kier molecular flexibility index (Phi) is 4.12. The molecule has 0 saturated heterocycles. The van der Waals surface area contributed by atoms with Gasteiger partial charge in [0.25, 0.3) is 5.91 Å². The van der Waals surface area contributed by atoms with Gasteiger partial charge in [-0.3, -0.25) is 4.79 Å². The van der Waals surface area contributed by atoms with Crippen molar-refractivity contribution in [1.29, 1.82) is 0 Å². The number of fused-ring (bicyclic) bond motifs is 1. The Morgan fingerprint density at radius 3 is 3.14 bits per heavy atom. The van der Waals surface area contributed by atoms with E-state index in [4.69, 9.17) is 4.74 Å². The summed E-state index contributed by atoms with van der Waals surface area (Å²) in [4.78, 5) is 15.0. The predicted molar refractivity (Wildman–Crippen MR) is 83.9 cm³/mol. The molecule has 3 rings (SSSR count). The number of amides is 1. The Bertz CT molecular complexity index is 608. The minimum atomic E-state index is -1.04. The molecule has 2 aromatic rings. The zero-order valence-electron chi connectivity index (χ0n) is 11.7. The monoisotopic (exact) mass is 323 g/mol. The van der Waals surface area contributed by atoms with E-state index in [-0.39, 0.29) is 12.5 Å². The molecular weight excluding hydrogens is 306 g/mol. The molecule has 0 saturated carbocycles. The van der Waals surface area contributed by atoms with Crippen LogP contribution in [0.3, 0.4) is 0 Å². The van der Waals surface area contributed by atoms with Gasteiger partial charge in [0.15, 0.2) is 0 Å². The first-order valence-corrected chi connectivity index (χ1v) is 8.50. The maximum absolute atomic E-state index is 12.2. The van der Waals surface area contributed by atoms with E-state index in [9.17, 15) is 9.90 Å². The summed E-state index contributed by atoms with van der Waals surface area (Å²) in [6.45, 7) is 3.23. The van der Waals surface area contributed by atoms with Gasteiger partial charge in [0, 0.05) is 16.2 Å². The van der Waals surface area contributed by atoms with E-state index < -0.39 is 5.60 Å². The van der Waals surface area contributed by atoms with Crippen LogP contribution in [-0.2, 0) is 23.4 Å². The Morgan fingerprint density at radius 1 is 1.57 bits per heavy atom. The second-order valence-electron chi connectivity index (χ2n) is 5.30. The van der Waals surface area contributed by atoms with Crippen LogP contribution in [-0.4, -0.2) is 24.2 Å². The summed E-state index contributed by atoms with van der Waals surface area (Å²) in [5, 5.41) is 15.2. The van der Waals surface area contributed by atoms with Gasteiger partial charge in [-0.15, -0.1) is 22.7 Å². The minimum Gasteiger partial charge on any atom is -0.383 e. The van der Waals surface area contributed by atoms with E-state index in [1.54, 1.807) is 6.92 Å². The van der Waals surface area contributed by atoms with Crippen molar-refractivity contribution in [3.8, 4) is 0 Å². The maximum Gasteiger partial charge on any atom is 0.261 e. The third kappa shape index (κ3) is 3.18. The second-order valence-corrected chi connectivity index (χ2v) is 7.38. The van der Waals surface area contributed by atoms with Crippen molar-refractivity contribution >= 4 is 28.6 Å². The summed E-state index contributed by atoms with van der Waals surface area (Å²) in [5.74, 6) is -0.133. The zero-order valence-corrected chi connectivity index (χ0v) is 13.4. The first-order chi connectivity index (χ1) is 10.1. The van der Waals surface area contributed by atoms with E-state index in [1.165, 1.54) is 27.6 Å². The number of rotatable bonds is 4. The molecule has 0 fully saturated rings. The summed E-state index contributed by atoms with van der Waals surface area (Å²) >= 11 is 3.00. The Labute approximate surface area is 131 Å². The van der Waals surface area contributed by atoms with E-state index in [2.05, 4.69) is 5.32 Å². The fourth-order valence-corrected chi connectivity index (χ4v) is 4.12. The molecule has 21 heavy (non-hydrogen) atoms. The van der Waals surface area contributed by atoms with Gasteiger partial charge in [-0.1, -0.05) is 6.07 Å². The van der Waals surface area contributed by atoms with Gasteiger partial charge in [-0.2, -0.15) is 0 Å². The molecule has 4 nitrogen and oxygen atoms in total. The van der Waals surface area contributed by atoms with Crippen LogP contribution in [0.1, 0.15) is 31.9 Å². The molecule has 0 aliphatic carbocycles. The van der Waals surface area contributed by atoms with Crippen LogP contribution in [0, 0.1) is 0 Å². The van der Waals surface area contributed by atoms with Crippen LogP contribution in [0.2, 0.25) is 0 Å². The lowest BCUT2D eigenvalue weighted by Crippen LogP contribution is -2.37. The summed E-state index contributed by atoms with van der Waals surface area (Å²) in [5.41, 5.74) is 0.0745. The highest BCUT2D eigenvalue weighted by atomic mass is 32.1. The molecule has 2 N–H and O–H groups in total. The van der Waals surface area contributed by atoms with Gasteiger partial charge in [-0.05, 0) is 30.0 Å². The quantitative estimate of drug-likeness (QED) is 0.909. The van der Waals surface area contributed by atoms with Crippen molar-refractivity contribution in [2.75, 3.05) is 13.2 Å². The number of carbonyl (C=O) groups excluding carboxylic acids is 1. The van der Waals surface area contributed by atoms with Gasteiger partial charge in [0.2, 0.25) is 0 Å². The molecule has 0 spiro atoms. The van der Waals surface area contributed by atoms with E-state index in [0.29, 0.717) is 11.5 Å². The van der Waals surface area contributed by atoms with Crippen LogP contribution in [0.25, 0.3) is 0 Å². The molecule has 1 aliphatic heterocycles. The van der Waals surface area contributed by atoms with Crippen molar-refractivity contribution in [3.63, 3.8) is 0 Å². The summed E-state index contributed by atoms with van der Waals surface area (Å²) in [6, 6.07) is 5.66. The molecule has 0 radical (unpaired) electrons. The number of aliphatic hydroxyl groups is 1. The first kappa shape index (κ1) is 14.7. The van der Waals surface area contributed by atoms with Crippen LogP contribution in [0.15, 0.2) is 23.6 Å². The van der Waals surface area contributed by atoms with Gasteiger partial charge in [0.1, 0.15) is 5.60 Å². The second kappa shape index (κ2) is 5.88. The van der Waals surface area contributed by atoms with Gasteiger partial charge < -0.3 is 15.2 Å². The van der Waals surface area contributed by atoms with Crippen molar-refractivity contribution < 1.29 is 14.6 Å². The average Bonchev–Trinajstić information content (AvgIpc) is 3.13. The van der Waals surface area contributed by atoms with E-state index >= 15 is 0 Å². The van der Waals surface area contributed by atoms with Crippen molar-refractivity contribution in [3.05, 3.63) is 43.8 Å². The van der Waals surface area contributed by atoms with Crippen LogP contribution >= 0.6 is 22.7 Å². The molecular formula is C15H17NO3S2. The van der Waals surface area contributed by atoms with Gasteiger partial charge in [-0.25, -0.2) is 0 Å². The van der Waals surface area contributed by atoms with E-state index in [0.717, 1.165) is 23.5 Å². The Morgan fingerprint density at radius 2 is 2.43 bits per heavy atom. The van der Waals surface area contributed by atoms with Crippen LogP contribution < -0.4 is 5.32 Å². The molecule has 1 amide bonds. The number of nitrogens with one attached hydrogen (secondary N) is 1. The number of thiophene rings is 2. The largest absolute Gasteiger partial charge is 0.383 e. The molecule has 0 bridgehead atoms. The lowest BCUT2D eigenvalue weighted by Gasteiger charge is -2.22. The first-order valence-electron chi connectivity index (χ1n) is 6.80. The third-order valence-electron chi connectivity index (χ3n) is 3.50. The van der Waals surface area contributed by atoms with Crippen molar-refractivity contribution in [2.45, 2.75) is 25.6 Å². The number of hydrogen-bond acceptors (Lipinski definition) is 5. The third-order valence-corrected chi connectivity index (χ3v) is 5.86. The van der Waals surface area contributed by atoms with Crippen LogP contribution in [0.4, 0.5) is 0 Å². The number of ether oxygens (including phenoxy) is 1. The minimum absolute atomic E-state index is 0.133.